The first-order valence-electron chi connectivity index (χ1n) is 8.55. The summed E-state index contributed by atoms with van der Waals surface area (Å²) < 4.78 is 42.6. The number of carboxylic acid groups (broad SMARTS) is 1. The minimum Gasteiger partial charge on any atom is -0.478 e. The summed E-state index contributed by atoms with van der Waals surface area (Å²) in [5, 5.41) is 9.26. The van der Waals surface area contributed by atoms with E-state index in [9.17, 15) is 23.1 Å². The molecular formula is C22H18F3NO2. The van der Waals surface area contributed by atoms with Crippen molar-refractivity contribution in [3.8, 4) is 5.69 Å². The maximum absolute atomic E-state index is 13.8. The van der Waals surface area contributed by atoms with Crippen LogP contribution < -0.4 is 0 Å². The molecule has 0 spiro atoms. The number of alkyl halides is 3. The first-order valence-corrected chi connectivity index (χ1v) is 8.55. The molecule has 2 aromatic carbocycles. The molecule has 3 nitrogen and oxygen atoms in total. The Morgan fingerprint density at radius 1 is 0.964 bits per heavy atom. The van der Waals surface area contributed by atoms with Gasteiger partial charge in [-0.25, -0.2) is 4.79 Å². The number of aromatic carboxylic acids is 1. The van der Waals surface area contributed by atoms with E-state index in [0.717, 1.165) is 11.6 Å². The predicted molar refractivity (Wildman–Crippen MR) is 103 cm³/mol. The SMILES string of the molecule is Cc1cc(C(=O)O)c(C)n1-c1ccc(/C=C/c2ccccc2)cc1C(F)(F)F. The summed E-state index contributed by atoms with van der Waals surface area (Å²) in [6.07, 6.45) is -1.23. The summed E-state index contributed by atoms with van der Waals surface area (Å²) in [6, 6.07) is 14.7. The van der Waals surface area contributed by atoms with E-state index >= 15 is 0 Å². The van der Waals surface area contributed by atoms with Crippen LogP contribution in [-0.4, -0.2) is 15.6 Å². The zero-order valence-corrected chi connectivity index (χ0v) is 15.3. The Hall–Kier alpha value is -3.28. The molecule has 0 unspecified atom stereocenters. The topological polar surface area (TPSA) is 42.2 Å². The lowest BCUT2D eigenvalue weighted by atomic mass is 10.1. The van der Waals surface area contributed by atoms with Crippen molar-refractivity contribution in [2.24, 2.45) is 0 Å². The molecule has 3 aromatic rings. The summed E-state index contributed by atoms with van der Waals surface area (Å²) in [5.74, 6) is -1.17. The van der Waals surface area contributed by atoms with E-state index in [2.05, 4.69) is 0 Å². The minimum atomic E-state index is -4.58. The molecule has 1 N–H and O–H groups in total. The highest BCUT2D eigenvalue weighted by molar-refractivity contribution is 5.89. The van der Waals surface area contributed by atoms with Crippen LogP contribution in [0.5, 0.6) is 0 Å². The van der Waals surface area contributed by atoms with Gasteiger partial charge < -0.3 is 9.67 Å². The largest absolute Gasteiger partial charge is 0.478 e. The molecule has 0 bridgehead atoms. The predicted octanol–water partition coefficient (Wildman–Crippen LogP) is 5.98. The summed E-state index contributed by atoms with van der Waals surface area (Å²) in [6.45, 7) is 3.09. The van der Waals surface area contributed by atoms with E-state index in [4.69, 9.17) is 0 Å². The molecule has 0 saturated heterocycles. The van der Waals surface area contributed by atoms with Gasteiger partial charge in [0.15, 0.2) is 0 Å². The van der Waals surface area contributed by atoms with Crippen LogP contribution in [0.4, 0.5) is 13.2 Å². The number of aromatic nitrogens is 1. The molecule has 0 atom stereocenters. The molecule has 28 heavy (non-hydrogen) atoms. The van der Waals surface area contributed by atoms with E-state index in [1.807, 2.05) is 30.3 Å². The van der Waals surface area contributed by atoms with Gasteiger partial charge in [-0.1, -0.05) is 48.6 Å². The molecule has 0 saturated carbocycles. The molecule has 1 heterocycles. The smallest absolute Gasteiger partial charge is 0.418 e. The molecule has 0 aliphatic carbocycles. The fourth-order valence-electron chi connectivity index (χ4n) is 3.19. The number of carbonyl (C=O) groups is 1. The number of halogens is 3. The zero-order chi connectivity index (χ0) is 20.5. The lowest BCUT2D eigenvalue weighted by Gasteiger charge is -2.17. The van der Waals surface area contributed by atoms with E-state index in [1.54, 1.807) is 25.1 Å². The molecule has 0 aliphatic rings. The monoisotopic (exact) mass is 385 g/mol. The Balaban J connectivity index is 2.11. The summed E-state index contributed by atoms with van der Waals surface area (Å²) in [4.78, 5) is 11.3. The van der Waals surface area contributed by atoms with E-state index in [1.165, 1.54) is 23.6 Å². The van der Waals surface area contributed by atoms with Crippen LogP contribution in [0.15, 0.2) is 54.6 Å². The van der Waals surface area contributed by atoms with Crippen LogP contribution in [0.25, 0.3) is 17.8 Å². The van der Waals surface area contributed by atoms with Crippen molar-refractivity contribution in [1.29, 1.82) is 0 Å². The number of hydrogen-bond acceptors (Lipinski definition) is 1. The number of hydrogen-bond donors (Lipinski definition) is 1. The summed E-state index contributed by atoms with van der Waals surface area (Å²) in [5.41, 5.74) is 1.03. The average molecular weight is 385 g/mol. The number of benzene rings is 2. The Kier molecular flexibility index (Phi) is 5.14. The molecule has 0 aliphatic heterocycles. The molecule has 3 rings (SSSR count). The van der Waals surface area contributed by atoms with Gasteiger partial charge in [-0.05, 0) is 43.2 Å². The molecular weight excluding hydrogens is 367 g/mol. The molecule has 1 aromatic heterocycles. The van der Waals surface area contributed by atoms with Crippen LogP contribution in [0.3, 0.4) is 0 Å². The maximum atomic E-state index is 13.8. The normalized spacial score (nSPS) is 11.9. The highest BCUT2D eigenvalue weighted by Gasteiger charge is 2.35. The average Bonchev–Trinajstić information content (AvgIpc) is 2.94. The van der Waals surface area contributed by atoms with Crippen LogP contribution in [0, 0.1) is 13.8 Å². The van der Waals surface area contributed by atoms with Crippen LogP contribution in [0.1, 0.15) is 38.4 Å². The van der Waals surface area contributed by atoms with Gasteiger partial charge in [0.25, 0.3) is 0 Å². The second-order valence-corrected chi connectivity index (χ2v) is 6.44. The van der Waals surface area contributed by atoms with E-state index in [0.29, 0.717) is 11.3 Å². The van der Waals surface area contributed by atoms with Gasteiger partial charge in [0.1, 0.15) is 0 Å². The molecule has 0 fully saturated rings. The zero-order valence-electron chi connectivity index (χ0n) is 15.3. The van der Waals surface area contributed by atoms with Crippen molar-refractivity contribution >= 4 is 18.1 Å². The van der Waals surface area contributed by atoms with E-state index < -0.39 is 17.7 Å². The number of aryl methyl sites for hydroxylation is 1. The van der Waals surface area contributed by atoms with Crippen molar-refractivity contribution in [1.82, 2.24) is 4.57 Å². The lowest BCUT2D eigenvalue weighted by molar-refractivity contribution is -0.137. The van der Waals surface area contributed by atoms with Crippen molar-refractivity contribution < 1.29 is 23.1 Å². The van der Waals surface area contributed by atoms with Crippen molar-refractivity contribution in [2.45, 2.75) is 20.0 Å². The fourth-order valence-corrected chi connectivity index (χ4v) is 3.19. The van der Waals surface area contributed by atoms with Gasteiger partial charge in [0, 0.05) is 11.4 Å². The Bertz CT molecular complexity index is 1050. The first-order chi connectivity index (χ1) is 13.2. The Labute approximate surface area is 160 Å². The first kappa shape index (κ1) is 19.5. The standard InChI is InChI=1S/C22H18F3NO2/c1-14-12-18(21(27)28)15(2)26(14)20-11-10-17(13-19(20)22(23,24)25)9-8-16-6-4-3-5-7-16/h3-13H,1-2H3,(H,27,28)/b9-8+. The third kappa shape index (κ3) is 3.86. The second-order valence-electron chi connectivity index (χ2n) is 6.44. The van der Waals surface area contributed by atoms with Crippen LogP contribution in [0.2, 0.25) is 0 Å². The summed E-state index contributed by atoms with van der Waals surface area (Å²) >= 11 is 0. The quantitative estimate of drug-likeness (QED) is 0.561. The number of rotatable bonds is 4. The molecule has 0 amide bonds. The molecule has 0 radical (unpaired) electrons. The van der Waals surface area contributed by atoms with Crippen LogP contribution >= 0.6 is 0 Å². The Morgan fingerprint density at radius 3 is 2.18 bits per heavy atom. The summed E-state index contributed by atoms with van der Waals surface area (Å²) in [7, 11) is 0. The second kappa shape index (κ2) is 7.38. The maximum Gasteiger partial charge on any atom is 0.418 e. The van der Waals surface area contributed by atoms with Crippen molar-refractivity contribution in [3.63, 3.8) is 0 Å². The third-order valence-electron chi connectivity index (χ3n) is 4.50. The van der Waals surface area contributed by atoms with Crippen LogP contribution in [-0.2, 0) is 6.18 Å². The van der Waals surface area contributed by atoms with Gasteiger partial charge in [-0.2, -0.15) is 13.2 Å². The molecule has 144 valence electrons. The van der Waals surface area contributed by atoms with Gasteiger partial charge in [0.05, 0.1) is 16.8 Å². The van der Waals surface area contributed by atoms with Gasteiger partial charge >= 0.3 is 12.1 Å². The van der Waals surface area contributed by atoms with Gasteiger partial charge in [-0.15, -0.1) is 0 Å². The highest BCUT2D eigenvalue weighted by Crippen LogP contribution is 2.36. The van der Waals surface area contributed by atoms with Crippen molar-refractivity contribution in [3.05, 3.63) is 88.2 Å². The van der Waals surface area contributed by atoms with Crippen molar-refractivity contribution in [2.75, 3.05) is 0 Å². The third-order valence-corrected chi connectivity index (χ3v) is 4.50. The number of nitrogens with zero attached hydrogens (tertiary/aromatic N) is 1. The molecule has 6 heteroatoms. The highest BCUT2D eigenvalue weighted by atomic mass is 19.4. The number of carboxylic acids is 1. The van der Waals surface area contributed by atoms with E-state index in [-0.39, 0.29) is 16.9 Å². The van der Waals surface area contributed by atoms with Gasteiger partial charge in [0.2, 0.25) is 0 Å². The Morgan fingerprint density at radius 2 is 1.61 bits per heavy atom. The lowest BCUT2D eigenvalue weighted by Crippen LogP contribution is -2.13. The van der Waals surface area contributed by atoms with Gasteiger partial charge in [-0.3, -0.25) is 0 Å². The minimum absolute atomic E-state index is 0.0151. The fraction of sp³-hybridized carbons (Fsp3) is 0.136.